The Bertz CT molecular complexity index is 349. The lowest BCUT2D eigenvalue weighted by Gasteiger charge is -2.01. The van der Waals surface area contributed by atoms with Crippen LogP contribution >= 0.6 is 0 Å². The first kappa shape index (κ1) is 9.26. The van der Waals surface area contributed by atoms with Crippen LogP contribution in [0.1, 0.15) is 31.7 Å². The molecule has 2 rings (SSSR count). The maximum atomic E-state index is 2.28. The zero-order chi connectivity index (χ0) is 9.80. The van der Waals surface area contributed by atoms with Gasteiger partial charge in [-0.25, -0.2) is 0 Å². The number of benzene rings is 1. The SMILES string of the molecule is CCC=CC(=C1CC1)c1ccccc1. The van der Waals surface area contributed by atoms with E-state index in [0.29, 0.717) is 0 Å². The highest BCUT2D eigenvalue weighted by Crippen LogP contribution is 2.37. The van der Waals surface area contributed by atoms with E-state index in [4.69, 9.17) is 0 Å². The lowest BCUT2D eigenvalue weighted by atomic mass is 10.0. The van der Waals surface area contributed by atoms with E-state index < -0.39 is 0 Å². The second kappa shape index (κ2) is 4.28. The van der Waals surface area contributed by atoms with Crippen LogP contribution in [-0.2, 0) is 0 Å². The minimum atomic E-state index is 1.11. The molecule has 0 bridgehead atoms. The van der Waals surface area contributed by atoms with E-state index in [-0.39, 0.29) is 0 Å². The highest BCUT2D eigenvalue weighted by atomic mass is 14.2. The summed E-state index contributed by atoms with van der Waals surface area (Å²) in [6.45, 7) is 2.18. The van der Waals surface area contributed by atoms with Gasteiger partial charge >= 0.3 is 0 Å². The van der Waals surface area contributed by atoms with Gasteiger partial charge in [0.15, 0.2) is 0 Å². The molecule has 0 nitrogen and oxygen atoms in total. The van der Waals surface area contributed by atoms with E-state index in [1.807, 2.05) is 0 Å². The Labute approximate surface area is 86.0 Å². The van der Waals surface area contributed by atoms with Crippen LogP contribution in [0.5, 0.6) is 0 Å². The standard InChI is InChI=1S/C14H16/c1-2-3-9-14(13-10-11-13)12-7-5-4-6-8-12/h3-9H,2,10-11H2,1H3. The van der Waals surface area contributed by atoms with E-state index in [0.717, 1.165) is 6.42 Å². The molecule has 1 aliphatic rings. The van der Waals surface area contributed by atoms with Crippen LogP contribution in [0.25, 0.3) is 5.57 Å². The van der Waals surface area contributed by atoms with Gasteiger partial charge in [0.2, 0.25) is 0 Å². The zero-order valence-corrected chi connectivity index (χ0v) is 8.66. The molecule has 0 unspecified atom stereocenters. The van der Waals surface area contributed by atoms with Crippen LogP contribution < -0.4 is 0 Å². The molecule has 0 spiro atoms. The quantitative estimate of drug-likeness (QED) is 0.660. The molecule has 72 valence electrons. The topological polar surface area (TPSA) is 0 Å². The van der Waals surface area contributed by atoms with Crippen molar-refractivity contribution in [1.82, 2.24) is 0 Å². The summed E-state index contributed by atoms with van der Waals surface area (Å²) in [5, 5.41) is 0. The van der Waals surface area contributed by atoms with E-state index in [9.17, 15) is 0 Å². The third-order valence-electron chi connectivity index (χ3n) is 2.49. The highest BCUT2D eigenvalue weighted by molar-refractivity contribution is 5.78. The molecule has 1 aromatic carbocycles. The lowest BCUT2D eigenvalue weighted by Crippen LogP contribution is -1.79. The molecule has 0 aromatic heterocycles. The average molecular weight is 184 g/mol. The first-order chi connectivity index (χ1) is 6.92. The van der Waals surface area contributed by atoms with Gasteiger partial charge in [-0.3, -0.25) is 0 Å². The van der Waals surface area contributed by atoms with Crippen molar-refractivity contribution in [3.8, 4) is 0 Å². The van der Waals surface area contributed by atoms with Gasteiger partial charge in [-0.1, -0.05) is 55.0 Å². The van der Waals surface area contributed by atoms with Gasteiger partial charge in [0.25, 0.3) is 0 Å². The zero-order valence-electron chi connectivity index (χ0n) is 8.66. The summed E-state index contributed by atoms with van der Waals surface area (Å²) in [6, 6.07) is 10.7. The van der Waals surface area contributed by atoms with Gasteiger partial charge in [0.1, 0.15) is 0 Å². The number of hydrogen-bond acceptors (Lipinski definition) is 0. The average Bonchev–Trinajstić information content (AvgIpc) is 3.04. The molecule has 1 saturated carbocycles. The number of rotatable bonds is 3. The summed E-state index contributed by atoms with van der Waals surface area (Å²) >= 11 is 0. The molecular weight excluding hydrogens is 168 g/mol. The van der Waals surface area contributed by atoms with Crippen LogP contribution in [-0.4, -0.2) is 0 Å². The summed E-state index contributed by atoms with van der Waals surface area (Å²) in [4.78, 5) is 0. The summed E-state index contributed by atoms with van der Waals surface area (Å²) in [5.41, 5.74) is 4.43. The molecule has 1 fully saturated rings. The van der Waals surface area contributed by atoms with Crippen molar-refractivity contribution in [3.63, 3.8) is 0 Å². The highest BCUT2D eigenvalue weighted by Gasteiger charge is 2.16. The summed E-state index contributed by atoms with van der Waals surface area (Å²) in [6.07, 6.45) is 8.21. The Balaban J connectivity index is 2.30. The fourth-order valence-corrected chi connectivity index (χ4v) is 1.60. The van der Waals surface area contributed by atoms with Crippen LogP contribution in [0, 0.1) is 0 Å². The molecule has 0 N–H and O–H groups in total. The number of hydrogen-bond donors (Lipinski definition) is 0. The Kier molecular flexibility index (Phi) is 2.83. The predicted molar refractivity (Wildman–Crippen MR) is 62.0 cm³/mol. The lowest BCUT2D eigenvalue weighted by molar-refractivity contribution is 1.22. The van der Waals surface area contributed by atoms with Gasteiger partial charge in [-0.2, -0.15) is 0 Å². The second-order valence-electron chi connectivity index (χ2n) is 3.69. The predicted octanol–water partition coefficient (Wildman–Crippen LogP) is 4.20. The van der Waals surface area contributed by atoms with Crippen LogP contribution in [0.2, 0.25) is 0 Å². The Morgan fingerprint density at radius 2 is 1.93 bits per heavy atom. The van der Waals surface area contributed by atoms with Crippen molar-refractivity contribution in [2.24, 2.45) is 0 Å². The molecule has 0 radical (unpaired) electrons. The minimum absolute atomic E-state index is 1.11. The van der Waals surface area contributed by atoms with Crippen LogP contribution in [0.3, 0.4) is 0 Å². The van der Waals surface area contributed by atoms with Gasteiger partial charge in [0, 0.05) is 0 Å². The molecule has 0 heterocycles. The smallest absolute Gasteiger partial charge is 0.0185 e. The van der Waals surface area contributed by atoms with E-state index in [1.165, 1.54) is 24.0 Å². The number of allylic oxidation sites excluding steroid dienone is 4. The Hall–Kier alpha value is -1.30. The molecule has 0 aliphatic heterocycles. The summed E-state index contributed by atoms with van der Waals surface area (Å²) < 4.78 is 0. The fraction of sp³-hybridized carbons (Fsp3) is 0.286. The van der Waals surface area contributed by atoms with E-state index in [1.54, 1.807) is 5.57 Å². The Morgan fingerprint density at radius 3 is 2.50 bits per heavy atom. The van der Waals surface area contributed by atoms with Gasteiger partial charge < -0.3 is 0 Å². The normalized spacial score (nSPS) is 14.8. The summed E-state index contributed by atoms with van der Waals surface area (Å²) in [5.74, 6) is 0. The van der Waals surface area contributed by atoms with Crippen LogP contribution in [0.4, 0.5) is 0 Å². The maximum absolute atomic E-state index is 2.28. The molecule has 0 saturated heterocycles. The molecule has 0 heteroatoms. The van der Waals surface area contributed by atoms with Crippen molar-refractivity contribution in [2.75, 3.05) is 0 Å². The van der Waals surface area contributed by atoms with Crippen molar-refractivity contribution >= 4 is 5.57 Å². The van der Waals surface area contributed by atoms with Crippen molar-refractivity contribution < 1.29 is 0 Å². The molecular formula is C14H16. The van der Waals surface area contributed by atoms with Crippen molar-refractivity contribution in [3.05, 3.63) is 53.6 Å². The molecule has 1 aliphatic carbocycles. The second-order valence-corrected chi connectivity index (χ2v) is 3.69. The first-order valence-electron chi connectivity index (χ1n) is 5.36. The third kappa shape index (κ3) is 2.14. The molecule has 0 amide bonds. The Morgan fingerprint density at radius 1 is 1.21 bits per heavy atom. The first-order valence-corrected chi connectivity index (χ1v) is 5.36. The fourth-order valence-electron chi connectivity index (χ4n) is 1.60. The molecule has 1 aromatic rings. The van der Waals surface area contributed by atoms with Gasteiger partial charge in [-0.05, 0) is 30.4 Å². The monoisotopic (exact) mass is 184 g/mol. The third-order valence-corrected chi connectivity index (χ3v) is 2.49. The van der Waals surface area contributed by atoms with Crippen molar-refractivity contribution in [2.45, 2.75) is 26.2 Å². The van der Waals surface area contributed by atoms with Crippen LogP contribution in [0.15, 0.2) is 48.1 Å². The minimum Gasteiger partial charge on any atom is -0.0842 e. The summed E-state index contributed by atoms with van der Waals surface area (Å²) in [7, 11) is 0. The molecule has 0 atom stereocenters. The largest absolute Gasteiger partial charge is 0.0842 e. The van der Waals surface area contributed by atoms with E-state index in [2.05, 4.69) is 49.4 Å². The van der Waals surface area contributed by atoms with E-state index >= 15 is 0 Å². The molecule has 14 heavy (non-hydrogen) atoms. The van der Waals surface area contributed by atoms with Gasteiger partial charge in [-0.15, -0.1) is 0 Å². The van der Waals surface area contributed by atoms with Crippen molar-refractivity contribution in [1.29, 1.82) is 0 Å². The maximum Gasteiger partial charge on any atom is -0.0185 e. The van der Waals surface area contributed by atoms with Gasteiger partial charge in [0.05, 0.1) is 0 Å².